The summed E-state index contributed by atoms with van der Waals surface area (Å²) < 4.78 is 15.1. The summed E-state index contributed by atoms with van der Waals surface area (Å²) in [5.41, 5.74) is 6.55. The Morgan fingerprint density at radius 2 is 1.54 bits per heavy atom. The first-order valence-corrected chi connectivity index (χ1v) is 14.0. The van der Waals surface area contributed by atoms with Crippen LogP contribution in [0.1, 0.15) is 63.5 Å². The molecule has 0 saturated heterocycles. The van der Waals surface area contributed by atoms with Gasteiger partial charge in [-0.25, -0.2) is 9.37 Å². The molecule has 196 valence electrons. The lowest BCUT2D eigenvalue weighted by atomic mass is 9.71. The maximum atomic E-state index is 15.1. The number of rotatable bonds is 8. The van der Waals surface area contributed by atoms with Gasteiger partial charge in [0.05, 0.1) is 17.1 Å². The molecule has 4 heteroatoms. The molecule has 2 heterocycles. The number of halogens is 1. The number of phenolic OH excluding ortho intramolecular Hbond substituents is 1. The molecule has 1 aliphatic carbocycles. The predicted octanol–water partition coefficient (Wildman–Crippen LogP) is 9.46. The lowest BCUT2D eigenvalue weighted by Crippen LogP contribution is -2.25. The average Bonchev–Trinajstić information content (AvgIpc) is 3.25. The first-order valence-electron chi connectivity index (χ1n) is 14.0. The van der Waals surface area contributed by atoms with E-state index in [0.29, 0.717) is 11.3 Å². The second-order valence-electron chi connectivity index (χ2n) is 10.7. The van der Waals surface area contributed by atoms with Crippen LogP contribution < -0.4 is 0 Å². The first-order chi connectivity index (χ1) is 19.1. The van der Waals surface area contributed by atoms with Crippen LogP contribution in [0.5, 0.6) is 5.75 Å². The summed E-state index contributed by atoms with van der Waals surface area (Å²) in [4.78, 5) is 9.70. The maximum absolute atomic E-state index is 15.1. The Morgan fingerprint density at radius 1 is 0.769 bits per heavy atom. The van der Waals surface area contributed by atoms with Crippen LogP contribution in [0.2, 0.25) is 0 Å². The molecule has 6 rings (SSSR count). The average molecular weight is 517 g/mol. The topological polar surface area (TPSA) is 46.0 Å². The minimum Gasteiger partial charge on any atom is -0.507 e. The molecule has 0 unspecified atom stereocenters. The van der Waals surface area contributed by atoms with E-state index in [1.807, 2.05) is 42.5 Å². The minimum absolute atomic E-state index is 0.149. The number of aromatic nitrogens is 2. The third-order valence-electron chi connectivity index (χ3n) is 8.29. The van der Waals surface area contributed by atoms with Crippen molar-refractivity contribution >= 4 is 10.8 Å². The molecule has 0 amide bonds. The SMILES string of the molecule is CCCCC1(CCCC)c2ccc(-c3ccc(F)c(-c4cc5ccccc5cn4)c3)nc2-c2c(O)cccc21. The van der Waals surface area contributed by atoms with Crippen molar-refractivity contribution in [3.63, 3.8) is 0 Å². The zero-order valence-electron chi connectivity index (χ0n) is 22.5. The molecule has 0 fully saturated rings. The quantitative estimate of drug-likeness (QED) is 0.223. The standard InChI is InChI=1S/C35H33FN2O/c1-3-5-18-35(19-6-4-2)27-12-9-13-32(39)33(27)34-28(35)15-17-30(38-34)24-14-16-29(36)26(20-24)31-21-23-10-7-8-11-25(23)22-37-31/h7-17,20-22,39H,3-6,18-19H2,1-2H3. The Kier molecular flexibility index (Phi) is 6.64. The summed E-state index contributed by atoms with van der Waals surface area (Å²) in [6, 6.07) is 25.1. The van der Waals surface area contributed by atoms with Crippen LogP contribution in [0, 0.1) is 5.82 Å². The highest BCUT2D eigenvalue weighted by Crippen LogP contribution is 2.56. The summed E-state index contributed by atoms with van der Waals surface area (Å²) >= 11 is 0. The Balaban J connectivity index is 1.48. The van der Waals surface area contributed by atoms with E-state index in [9.17, 15) is 5.11 Å². The number of aromatic hydroxyl groups is 1. The van der Waals surface area contributed by atoms with Gasteiger partial charge in [0.1, 0.15) is 11.6 Å². The van der Waals surface area contributed by atoms with Crippen molar-refractivity contribution in [1.29, 1.82) is 0 Å². The molecule has 5 aromatic rings. The van der Waals surface area contributed by atoms with Crippen molar-refractivity contribution < 1.29 is 9.50 Å². The van der Waals surface area contributed by atoms with Crippen LogP contribution in [-0.4, -0.2) is 15.1 Å². The number of hydrogen-bond donors (Lipinski definition) is 1. The second-order valence-corrected chi connectivity index (χ2v) is 10.7. The largest absolute Gasteiger partial charge is 0.507 e. The van der Waals surface area contributed by atoms with E-state index in [1.54, 1.807) is 18.3 Å². The fourth-order valence-corrected chi connectivity index (χ4v) is 6.26. The van der Waals surface area contributed by atoms with Crippen molar-refractivity contribution in [2.75, 3.05) is 0 Å². The van der Waals surface area contributed by atoms with E-state index in [0.717, 1.165) is 71.8 Å². The van der Waals surface area contributed by atoms with Crippen molar-refractivity contribution in [3.05, 3.63) is 102 Å². The molecule has 0 aliphatic heterocycles. The maximum Gasteiger partial charge on any atom is 0.132 e. The third kappa shape index (κ3) is 4.28. The van der Waals surface area contributed by atoms with Crippen LogP contribution in [0.3, 0.4) is 0 Å². The number of unbranched alkanes of at least 4 members (excludes halogenated alkanes) is 2. The van der Waals surface area contributed by atoms with Crippen LogP contribution in [0.15, 0.2) is 85.1 Å². The Bertz CT molecular complexity index is 1670. The molecular formula is C35H33FN2O. The van der Waals surface area contributed by atoms with E-state index < -0.39 is 0 Å². The Morgan fingerprint density at radius 3 is 2.31 bits per heavy atom. The fourth-order valence-electron chi connectivity index (χ4n) is 6.26. The van der Waals surface area contributed by atoms with Gasteiger partial charge in [-0.2, -0.15) is 0 Å². The summed E-state index contributed by atoms with van der Waals surface area (Å²) in [7, 11) is 0. The zero-order valence-corrected chi connectivity index (χ0v) is 22.5. The van der Waals surface area contributed by atoms with E-state index in [1.165, 1.54) is 17.2 Å². The molecule has 0 atom stereocenters. The van der Waals surface area contributed by atoms with E-state index >= 15 is 4.39 Å². The summed E-state index contributed by atoms with van der Waals surface area (Å²) in [6.07, 6.45) is 8.30. The number of phenols is 1. The van der Waals surface area contributed by atoms with Crippen molar-refractivity contribution in [1.82, 2.24) is 9.97 Å². The van der Waals surface area contributed by atoms with Gasteiger partial charge in [0, 0.05) is 33.7 Å². The molecule has 3 aromatic carbocycles. The highest BCUT2D eigenvalue weighted by molar-refractivity contribution is 5.87. The summed E-state index contributed by atoms with van der Waals surface area (Å²) in [5, 5.41) is 13.1. The van der Waals surface area contributed by atoms with Crippen molar-refractivity contribution in [2.45, 2.75) is 57.8 Å². The van der Waals surface area contributed by atoms with Gasteiger partial charge in [-0.3, -0.25) is 4.98 Å². The molecular weight excluding hydrogens is 483 g/mol. The number of hydrogen-bond acceptors (Lipinski definition) is 3. The molecule has 3 nitrogen and oxygen atoms in total. The molecule has 0 spiro atoms. The fraction of sp³-hybridized carbons (Fsp3) is 0.257. The van der Waals surface area contributed by atoms with E-state index in [2.05, 4.69) is 37.0 Å². The highest BCUT2D eigenvalue weighted by Gasteiger charge is 2.44. The van der Waals surface area contributed by atoms with E-state index in [4.69, 9.17) is 4.98 Å². The number of benzene rings is 3. The molecule has 2 aromatic heterocycles. The Labute approximate surface area is 229 Å². The number of nitrogens with zero attached hydrogens (tertiary/aromatic N) is 2. The normalized spacial score (nSPS) is 13.4. The van der Waals surface area contributed by atoms with Gasteiger partial charge < -0.3 is 5.11 Å². The van der Waals surface area contributed by atoms with Gasteiger partial charge >= 0.3 is 0 Å². The second kappa shape index (κ2) is 10.3. The molecule has 1 aliphatic rings. The molecule has 0 bridgehead atoms. The van der Waals surface area contributed by atoms with Crippen LogP contribution in [0.25, 0.3) is 44.5 Å². The van der Waals surface area contributed by atoms with Gasteiger partial charge in [-0.05, 0) is 65.8 Å². The van der Waals surface area contributed by atoms with Gasteiger partial charge in [0.15, 0.2) is 0 Å². The lowest BCUT2D eigenvalue weighted by molar-refractivity contribution is 0.412. The van der Waals surface area contributed by atoms with Gasteiger partial charge in [-0.1, -0.05) is 82.0 Å². The number of pyridine rings is 2. The van der Waals surface area contributed by atoms with Gasteiger partial charge in [0.25, 0.3) is 0 Å². The lowest BCUT2D eigenvalue weighted by Gasteiger charge is -2.32. The monoisotopic (exact) mass is 516 g/mol. The van der Waals surface area contributed by atoms with Crippen molar-refractivity contribution in [3.8, 4) is 39.5 Å². The third-order valence-corrected chi connectivity index (χ3v) is 8.29. The molecule has 0 saturated carbocycles. The van der Waals surface area contributed by atoms with Crippen molar-refractivity contribution in [2.24, 2.45) is 0 Å². The Hall–Kier alpha value is -4.05. The molecule has 39 heavy (non-hydrogen) atoms. The summed E-state index contributed by atoms with van der Waals surface area (Å²) in [6.45, 7) is 4.45. The van der Waals surface area contributed by atoms with Gasteiger partial charge in [0.2, 0.25) is 0 Å². The predicted molar refractivity (Wildman–Crippen MR) is 157 cm³/mol. The molecule has 0 radical (unpaired) electrons. The van der Waals surface area contributed by atoms with E-state index in [-0.39, 0.29) is 17.0 Å². The smallest absolute Gasteiger partial charge is 0.132 e. The zero-order chi connectivity index (χ0) is 27.0. The van der Waals surface area contributed by atoms with Crippen LogP contribution in [-0.2, 0) is 5.41 Å². The number of fused-ring (bicyclic) bond motifs is 4. The first kappa shape index (κ1) is 25.2. The summed E-state index contributed by atoms with van der Waals surface area (Å²) in [5.74, 6) is -0.0442. The molecule has 1 N–H and O–H groups in total. The van der Waals surface area contributed by atoms with Crippen LogP contribution >= 0.6 is 0 Å². The minimum atomic E-state index is -0.316. The van der Waals surface area contributed by atoms with Crippen LogP contribution in [0.4, 0.5) is 4.39 Å². The van der Waals surface area contributed by atoms with Gasteiger partial charge in [-0.15, -0.1) is 0 Å². The highest BCUT2D eigenvalue weighted by atomic mass is 19.1.